The number of urea groups is 1. The molecule has 1 aromatic rings. The molecule has 10 nitrogen and oxygen atoms in total. The third-order valence-electron chi connectivity index (χ3n) is 3.41. The van der Waals surface area contributed by atoms with Gasteiger partial charge in [-0.2, -0.15) is 5.10 Å². The van der Waals surface area contributed by atoms with Gasteiger partial charge in [0.25, 0.3) is 5.69 Å². The van der Waals surface area contributed by atoms with E-state index < -0.39 is 23.1 Å². The lowest BCUT2D eigenvalue weighted by atomic mass is 10.1. The lowest BCUT2D eigenvalue weighted by molar-refractivity contribution is -0.384. The molecule has 2 aliphatic heterocycles. The van der Waals surface area contributed by atoms with Crippen LogP contribution in [0.1, 0.15) is 11.7 Å². The van der Waals surface area contributed by atoms with E-state index in [9.17, 15) is 19.7 Å². The molecule has 10 heteroatoms. The van der Waals surface area contributed by atoms with Gasteiger partial charge in [0.05, 0.1) is 17.2 Å². The highest BCUT2D eigenvalue weighted by Gasteiger charge is 2.28. The molecule has 120 valence electrons. The van der Waals surface area contributed by atoms with Crippen LogP contribution in [0.5, 0.6) is 0 Å². The van der Waals surface area contributed by atoms with Crippen LogP contribution in [0.3, 0.4) is 0 Å². The number of nitrogens with zero attached hydrogens (tertiary/aromatic N) is 3. The van der Waals surface area contributed by atoms with Gasteiger partial charge in [-0.15, -0.1) is 0 Å². The normalized spacial score (nSPS) is 24.4. The van der Waals surface area contributed by atoms with Crippen molar-refractivity contribution in [3.63, 3.8) is 0 Å². The highest BCUT2D eigenvalue weighted by molar-refractivity contribution is 6.01. The van der Waals surface area contributed by atoms with E-state index in [2.05, 4.69) is 15.7 Å². The van der Waals surface area contributed by atoms with Crippen LogP contribution >= 0.6 is 0 Å². The van der Waals surface area contributed by atoms with E-state index in [1.54, 1.807) is 12.1 Å². The number of benzene rings is 1. The van der Waals surface area contributed by atoms with Gasteiger partial charge in [0.15, 0.2) is 0 Å². The van der Waals surface area contributed by atoms with Gasteiger partial charge < -0.3 is 4.74 Å². The first-order chi connectivity index (χ1) is 11.0. The number of hydrogen-bond acceptors (Lipinski definition) is 7. The summed E-state index contributed by atoms with van der Waals surface area (Å²) in [6.07, 6.45) is 0.601. The number of nitro groups is 1. The Bertz CT molecular complexity index is 674. The number of non-ortho nitro benzene ring substituents is 1. The molecule has 2 aliphatic rings. The van der Waals surface area contributed by atoms with Crippen molar-refractivity contribution in [1.82, 2.24) is 15.6 Å². The molecule has 2 N–H and O–H groups in total. The molecular weight excluding hydrogens is 306 g/mol. The quantitative estimate of drug-likeness (QED) is 0.351. The number of hydrogen-bond donors (Lipinski definition) is 2. The summed E-state index contributed by atoms with van der Waals surface area (Å²) in [5.41, 5.74) is 0.815. The Morgan fingerprint density at radius 1 is 1.35 bits per heavy atom. The summed E-state index contributed by atoms with van der Waals surface area (Å²) < 4.78 is 5.70. The molecule has 2 unspecified atom stereocenters. The Balaban J connectivity index is 1.59. The van der Waals surface area contributed by atoms with Crippen molar-refractivity contribution in [1.29, 1.82) is 0 Å². The number of amides is 3. The minimum Gasteiger partial charge on any atom is -0.349 e. The first-order valence-electron chi connectivity index (χ1n) is 6.81. The van der Waals surface area contributed by atoms with Crippen molar-refractivity contribution >= 4 is 23.8 Å². The molecule has 0 radical (unpaired) electrons. The molecule has 0 aromatic heterocycles. The second kappa shape index (κ2) is 6.10. The summed E-state index contributed by atoms with van der Waals surface area (Å²) in [5.74, 6) is -0.406. The molecule has 1 aromatic carbocycles. The average molecular weight is 319 g/mol. The molecule has 2 fully saturated rings. The van der Waals surface area contributed by atoms with Crippen LogP contribution in [0.15, 0.2) is 29.4 Å². The minimum atomic E-state index is -0.573. The molecule has 0 bridgehead atoms. The fraction of sp³-hybridized carbons (Fsp3) is 0.308. The van der Waals surface area contributed by atoms with Gasteiger partial charge in [-0.3, -0.25) is 25.5 Å². The van der Waals surface area contributed by atoms with E-state index in [0.717, 1.165) is 10.6 Å². The molecule has 0 saturated carbocycles. The first-order valence-corrected chi connectivity index (χ1v) is 6.81. The zero-order valence-corrected chi connectivity index (χ0v) is 11.8. The topological polar surface area (TPSA) is 126 Å². The van der Waals surface area contributed by atoms with Crippen LogP contribution in [-0.4, -0.2) is 47.4 Å². The highest BCUT2D eigenvalue weighted by atomic mass is 16.6. The molecular formula is C13H13N5O5. The van der Waals surface area contributed by atoms with Crippen LogP contribution < -0.4 is 10.6 Å². The zero-order valence-electron chi connectivity index (χ0n) is 11.8. The number of rotatable bonds is 4. The number of nitro benzene ring substituents is 1. The van der Waals surface area contributed by atoms with E-state index in [4.69, 9.17) is 4.74 Å². The molecule has 2 atom stereocenters. The number of ether oxygens (including phenoxy) is 1. The van der Waals surface area contributed by atoms with Crippen LogP contribution in [0.25, 0.3) is 0 Å². The molecule has 2 saturated heterocycles. The average Bonchev–Trinajstić information content (AvgIpc) is 3.11. The summed E-state index contributed by atoms with van der Waals surface area (Å²) in [4.78, 5) is 32.5. The monoisotopic (exact) mass is 319 g/mol. The third kappa shape index (κ3) is 3.33. The van der Waals surface area contributed by atoms with Gasteiger partial charge in [0.2, 0.25) is 5.91 Å². The maximum absolute atomic E-state index is 11.3. The van der Waals surface area contributed by atoms with E-state index in [1.807, 2.05) is 0 Å². The van der Waals surface area contributed by atoms with Gasteiger partial charge in [-0.25, -0.2) is 9.80 Å². The lowest BCUT2D eigenvalue weighted by Gasteiger charge is -2.10. The SMILES string of the molecule is O=C1CN(N=CC2NCC(c3ccc([N+](=O)[O-])cc3)O2)C(=O)N1. The van der Waals surface area contributed by atoms with Crippen molar-refractivity contribution in [2.24, 2.45) is 5.10 Å². The standard InChI is InChI=1S/C13H13N5O5/c19-11-7-17(13(20)16-11)15-6-12-14-5-10(23-12)8-1-3-9(4-2-8)18(21)22/h1-4,6,10,12,14H,5,7H2,(H,16,19,20). The number of imide groups is 1. The van der Waals surface area contributed by atoms with Gasteiger partial charge in [-0.05, 0) is 17.7 Å². The maximum Gasteiger partial charge on any atom is 0.344 e. The first kappa shape index (κ1) is 15.1. The van der Waals surface area contributed by atoms with Crippen LogP contribution in [0.2, 0.25) is 0 Å². The molecule has 2 heterocycles. The fourth-order valence-corrected chi connectivity index (χ4v) is 2.26. The van der Waals surface area contributed by atoms with Gasteiger partial charge in [0.1, 0.15) is 12.8 Å². The van der Waals surface area contributed by atoms with Gasteiger partial charge >= 0.3 is 6.03 Å². The second-order valence-corrected chi connectivity index (χ2v) is 4.98. The van der Waals surface area contributed by atoms with Gasteiger partial charge in [0, 0.05) is 18.7 Å². The number of carbonyl (C=O) groups excluding carboxylic acids is 2. The maximum atomic E-state index is 11.3. The Hall–Kier alpha value is -2.85. The Morgan fingerprint density at radius 3 is 2.70 bits per heavy atom. The van der Waals surface area contributed by atoms with Crippen LogP contribution in [-0.2, 0) is 9.53 Å². The van der Waals surface area contributed by atoms with Crippen molar-refractivity contribution < 1.29 is 19.2 Å². The fourth-order valence-electron chi connectivity index (χ4n) is 2.26. The van der Waals surface area contributed by atoms with E-state index >= 15 is 0 Å². The molecule has 0 spiro atoms. The van der Waals surface area contributed by atoms with Crippen molar-refractivity contribution in [3.05, 3.63) is 39.9 Å². The molecule has 3 rings (SSSR count). The second-order valence-electron chi connectivity index (χ2n) is 4.98. The summed E-state index contributed by atoms with van der Waals surface area (Å²) in [6.45, 7) is 0.382. The Labute approximate surface area is 130 Å². The third-order valence-corrected chi connectivity index (χ3v) is 3.41. The van der Waals surface area contributed by atoms with E-state index in [1.165, 1.54) is 18.3 Å². The van der Waals surface area contributed by atoms with Crippen molar-refractivity contribution in [2.75, 3.05) is 13.1 Å². The lowest BCUT2D eigenvalue weighted by Crippen LogP contribution is -2.28. The predicted molar refractivity (Wildman–Crippen MR) is 77.4 cm³/mol. The summed E-state index contributed by atoms with van der Waals surface area (Å²) in [6, 6.07) is 5.53. The number of carbonyl (C=O) groups is 2. The molecule has 3 amide bonds. The molecule has 0 aliphatic carbocycles. The zero-order chi connectivity index (χ0) is 16.4. The number of nitrogens with one attached hydrogen (secondary N) is 2. The summed E-state index contributed by atoms with van der Waals surface area (Å²) in [7, 11) is 0. The van der Waals surface area contributed by atoms with Crippen molar-refractivity contribution in [3.8, 4) is 0 Å². The Morgan fingerprint density at radius 2 is 2.09 bits per heavy atom. The van der Waals surface area contributed by atoms with E-state index in [-0.39, 0.29) is 18.3 Å². The largest absolute Gasteiger partial charge is 0.349 e. The smallest absolute Gasteiger partial charge is 0.344 e. The van der Waals surface area contributed by atoms with Gasteiger partial charge in [-0.1, -0.05) is 0 Å². The highest BCUT2D eigenvalue weighted by Crippen LogP contribution is 2.24. The summed E-state index contributed by atoms with van der Waals surface area (Å²) >= 11 is 0. The Kier molecular flexibility index (Phi) is 4.00. The van der Waals surface area contributed by atoms with Crippen molar-refractivity contribution in [2.45, 2.75) is 12.3 Å². The van der Waals surface area contributed by atoms with Crippen LogP contribution in [0.4, 0.5) is 10.5 Å². The summed E-state index contributed by atoms with van der Waals surface area (Å²) in [5, 5.41) is 20.7. The van der Waals surface area contributed by atoms with Crippen LogP contribution in [0, 0.1) is 10.1 Å². The number of hydrazone groups is 1. The van der Waals surface area contributed by atoms with E-state index in [0.29, 0.717) is 6.54 Å². The molecule has 23 heavy (non-hydrogen) atoms. The predicted octanol–water partition coefficient (Wildman–Crippen LogP) is 0.119. The minimum absolute atomic E-state index is 0.0162.